The van der Waals surface area contributed by atoms with E-state index in [9.17, 15) is 4.79 Å². The van der Waals surface area contributed by atoms with Crippen LogP contribution in [0.3, 0.4) is 0 Å². The monoisotopic (exact) mass is 253 g/mol. The van der Waals surface area contributed by atoms with Gasteiger partial charge in [-0.2, -0.15) is 10.3 Å². The molecule has 2 aromatic heterocycles. The summed E-state index contributed by atoms with van der Waals surface area (Å²) < 4.78 is 1.97. The first-order valence-electron chi connectivity index (χ1n) is 5.73. The van der Waals surface area contributed by atoms with Crippen molar-refractivity contribution in [2.45, 2.75) is 0 Å². The van der Waals surface area contributed by atoms with Crippen molar-refractivity contribution >= 4 is 11.7 Å². The van der Waals surface area contributed by atoms with Crippen molar-refractivity contribution in [3.05, 3.63) is 60.6 Å². The standard InChI is InChI=1S/C13H11N5O/c19-13(15-12-9-14-17-16-12)10-3-5-11(6-4-10)18-7-1-2-8-18/h1-9H,(H2,14,15,16,17,19). The van der Waals surface area contributed by atoms with Gasteiger partial charge in [-0.25, -0.2) is 0 Å². The number of nitrogens with zero attached hydrogens (tertiary/aromatic N) is 3. The molecule has 0 saturated carbocycles. The van der Waals surface area contributed by atoms with Crippen LogP contribution in [0, 0.1) is 0 Å². The highest BCUT2D eigenvalue weighted by Gasteiger charge is 2.07. The maximum absolute atomic E-state index is 11.9. The van der Waals surface area contributed by atoms with Crippen molar-refractivity contribution in [2.24, 2.45) is 0 Å². The Kier molecular flexibility index (Phi) is 2.82. The number of hydrogen-bond acceptors (Lipinski definition) is 3. The van der Waals surface area contributed by atoms with E-state index >= 15 is 0 Å². The third-order valence-corrected chi connectivity index (χ3v) is 2.69. The molecule has 3 rings (SSSR count). The van der Waals surface area contributed by atoms with Gasteiger partial charge in [0.25, 0.3) is 5.91 Å². The highest BCUT2D eigenvalue weighted by molar-refractivity contribution is 6.03. The molecule has 2 heterocycles. The van der Waals surface area contributed by atoms with Crippen LogP contribution >= 0.6 is 0 Å². The van der Waals surface area contributed by atoms with Crippen LogP contribution in [-0.4, -0.2) is 25.9 Å². The Morgan fingerprint density at radius 1 is 1.16 bits per heavy atom. The summed E-state index contributed by atoms with van der Waals surface area (Å²) in [4.78, 5) is 11.9. The van der Waals surface area contributed by atoms with E-state index in [0.717, 1.165) is 5.69 Å². The molecular weight excluding hydrogens is 242 g/mol. The summed E-state index contributed by atoms with van der Waals surface area (Å²) in [7, 11) is 0. The zero-order valence-corrected chi connectivity index (χ0v) is 9.95. The highest BCUT2D eigenvalue weighted by Crippen LogP contribution is 2.11. The first-order valence-corrected chi connectivity index (χ1v) is 5.73. The quantitative estimate of drug-likeness (QED) is 0.748. The summed E-state index contributed by atoms with van der Waals surface area (Å²) in [5, 5.41) is 12.5. The van der Waals surface area contributed by atoms with Gasteiger partial charge in [-0.05, 0) is 36.4 Å². The van der Waals surface area contributed by atoms with Crippen LogP contribution in [0.4, 0.5) is 5.82 Å². The van der Waals surface area contributed by atoms with Gasteiger partial charge in [-0.15, -0.1) is 5.10 Å². The number of hydrogen-bond donors (Lipinski definition) is 2. The van der Waals surface area contributed by atoms with Crippen molar-refractivity contribution in [1.29, 1.82) is 0 Å². The first kappa shape index (κ1) is 11.2. The van der Waals surface area contributed by atoms with Crippen molar-refractivity contribution < 1.29 is 4.79 Å². The maximum atomic E-state index is 11.9. The molecule has 0 saturated heterocycles. The lowest BCUT2D eigenvalue weighted by Gasteiger charge is -2.05. The van der Waals surface area contributed by atoms with Gasteiger partial charge in [0.05, 0.1) is 6.20 Å². The van der Waals surface area contributed by atoms with Crippen molar-refractivity contribution in [2.75, 3.05) is 5.32 Å². The number of aromatic nitrogens is 4. The molecule has 0 unspecified atom stereocenters. The third-order valence-electron chi connectivity index (χ3n) is 2.69. The van der Waals surface area contributed by atoms with Gasteiger partial charge in [0.2, 0.25) is 0 Å². The second kappa shape index (κ2) is 4.77. The molecule has 0 aliphatic rings. The van der Waals surface area contributed by atoms with Crippen LogP contribution in [-0.2, 0) is 0 Å². The fourth-order valence-corrected chi connectivity index (χ4v) is 1.74. The summed E-state index contributed by atoms with van der Waals surface area (Å²) >= 11 is 0. The number of amides is 1. The van der Waals surface area contributed by atoms with Gasteiger partial charge in [-0.3, -0.25) is 4.79 Å². The number of carbonyl (C=O) groups excluding carboxylic acids is 1. The van der Waals surface area contributed by atoms with Gasteiger partial charge in [0, 0.05) is 23.6 Å². The predicted octanol–water partition coefficient (Wildman–Crippen LogP) is 1.85. The van der Waals surface area contributed by atoms with E-state index in [4.69, 9.17) is 0 Å². The average Bonchev–Trinajstić information content (AvgIpc) is 3.12. The summed E-state index contributed by atoms with van der Waals surface area (Å²) in [6.45, 7) is 0. The molecule has 0 fully saturated rings. The Morgan fingerprint density at radius 3 is 2.53 bits per heavy atom. The number of nitrogens with one attached hydrogen (secondary N) is 2. The second-order valence-electron chi connectivity index (χ2n) is 3.95. The lowest BCUT2D eigenvalue weighted by atomic mass is 10.2. The van der Waals surface area contributed by atoms with E-state index in [0.29, 0.717) is 11.4 Å². The molecule has 0 aliphatic heterocycles. The Hall–Kier alpha value is -2.89. The fraction of sp³-hybridized carbons (Fsp3) is 0. The highest BCUT2D eigenvalue weighted by atomic mass is 16.1. The smallest absolute Gasteiger partial charge is 0.256 e. The first-order chi connectivity index (χ1) is 9.33. The van der Waals surface area contributed by atoms with E-state index in [1.165, 1.54) is 6.20 Å². The maximum Gasteiger partial charge on any atom is 0.256 e. The van der Waals surface area contributed by atoms with Gasteiger partial charge >= 0.3 is 0 Å². The Labute approximate surface area is 109 Å². The van der Waals surface area contributed by atoms with Crippen LogP contribution in [0.25, 0.3) is 5.69 Å². The number of H-pyrrole nitrogens is 1. The summed E-state index contributed by atoms with van der Waals surface area (Å²) in [6, 6.07) is 11.2. The normalized spacial score (nSPS) is 10.3. The second-order valence-corrected chi connectivity index (χ2v) is 3.95. The molecule has 1 aromatic carbocycles. The number of benzene rings is 1. The third kappa shape index (κ3) is 2.37. The van der Waals surface area contributed by atoms with Crippen LogP contribution in [0.5, 0.6) is 0 Å². The number of rotatable bonds is 3. The molecule has 0 aliphatic carbocycles. The fourth-order valence-electron chi connectivity index (χ4n) is 1.74. The molecule has 0 spiro atoms. The largest absolute Gasteiger partial charge is 0.324 e. The Bertz CT molecular complexity index is 656. The van der Waals surface area contributed by atoms with Gasteiger partial charge < -0.3 is 9.88 Å². The summed E-state index contributed by atoms with van der Waals surface area (Å²) in [5.74, 6) is 0.187. The molecule has 0 atom stereocenters. The molecular formula is C13H11N5O. The zero-order chi connectivity index (χ0) is 13.1. The topological polar surface area (TPSA) is 75.6 Å². The van der Waals surface area contributed by atoms with Crippen LogP contribution in [0.15, 0.2) is 55.0 Å². The number of carbonyl (C=O) groups is 1. The summed E-state index contributed by atoms with van der Waals surface area (Å²) in [5.41, 5.74) is 1.57. The van der Waals surface area contributed by atoms with Crippen LogP contribution < -0.4 is 5.32 Å². The molecule has 0 radical (unpaired) electrons. The van der Waals surface area contributed by atoms with E-state index in [1.807, 2.05) is 41.2 Å². The lowest BCUT2D eigenvalue weighted by molar-refractivity contribution is 0.102. The van der Waals surface area contributed by atoms with E-state index in [-0.39, 0.29) is 5.91 Å². The minimum Gasteiger partial charge on any atom is -0.324 e. The molecule has 1 amide bonds. The van der Waals surface area contributed by atoms with Crippen LogP contribution in [0.2, 0.25) is 0 Å². The molecule has 19 heavy (non-hydrogen) atoms. The minimum absolute atomic E-state index is 0.215. The molecule has 6 heteroatoms. The Balaban J connectivity index is 1.77. The molecule has 0 bridgehead atoms. The van der Waals surface area contributed by atoms with Gasteiger partial charge in [0.15, 0.2) is 5.82 Å². The van der Waals surface area contributed by atoms with Crippen molar-refractivity contribution in [3.8, 4) is 5.69 Å². The van der Waals surface area contributed by atoms with E-state index < -0.39 is 0 Å². The Morgan fingerprint density at radius 2 is 1.89 bits per heavy atom. The predicted molar refractivity (Wildman–Crippen MR) is 70.1 cm³/mol. The van der Waals surface area contributed by atoms with Crippen molar-refractivity contribution in [3.63, 3.8) is 0 Å². The van der Waals surface area contributed by atoms with E-state index in [2.05, 4.69) is 20.7 Å². The van der Waals surface area contributed by atoms with Crippen LogP contribution in [0.1, 0.15) is 10.4 Å². The minimum atomic E-state index is -0.215. The van der Waals surface area contributed by atoms with Gasteiger partial charge in [0.1, 0.15) is 0 Å². The molecule has 6 nitrogen and oxygen atoms in total. The lowest BCUT2D eigenvalue weighted by Crippen LogP contribution is -2.12. The SMILES string of the molecule is O=C(Nc1cn[nH]n1)c1ccc(-n2cccc2)cc1. The summed E-state index contributed by atoms with van der Waals surface area (Å²) in [6.07, 6.45) is 5.35. The molecule has 94 valence electrons. The van der Waals surface area contributed by atoms with E-state index in [1.54, 1.807) is 12.1 Å². The zero-order valence-electron chi connectivity index (χ0n) is 9.95. The average molecular weight is 253 g/mol. The van der Waals surface area contributed by atoms with Crippen molar-refractivity contribution in [1.82, 2.24) is 20.0 Å². The molecule has 3 aromatic rings. The number of anilines is 1. The van der Waals surface area contributed by atoms with Gasteiger partial charge in [-0.1, -0.05) is 0 Å². The molecule has 2 N–H and O–H groups in total. The number of aromatic amines is 1.